The summed E-state index contributed by atoms with van der Waals surface area (Å²) in [7, 11) is 0. The van der Waals surface area contributed by atoms with Crippen LogP contribution in [0.3, 0.4) is 0 Å². The Hall–Kier alpha value is -1.90. The summed E-state index contributed by atoms with van der Waals surface area (Å²) in [6.45, 7) is 0. The molecule has 0 saturated heterocycles. The fourth-order valence-corrected chi connectivity index (χ4v) is 4.64. The van der Waals surface area contributed by atoms with Crippen molar-refractivity contribution in [2.24, 2.45) is 4.99 Å². The van der Waals surface area contributed by atoms with Gasteiger partial charge in [-0.2, -0.15) is 5.26 Å². The Morgan fingerprint density at radius 2 is 2.13 bits per heavy atom. The molecule has 1 N–H and O–H groups in total. The number of aryl methyl sites for hydroxylation is 1. The fourth-order valence-electron chi connectivity index (χ4n) is 3.08. The average molecular weight is 384 g/mol. The second kappa shape index (κ2) is 5.95. The number of hydrogen-bond donors (Lipinski definition) is 1. The summed E-state index contributed by atoms with van der Waals surface area (Å²) in [5.74, 6) is 0. The van der Waals surface area contributed by atoms with Gasteiger partial charge in [0, 0.05) is 20.3 Å². The molecule has 1 aliphatic rings. The number of fused-ring (bicyclic) bond motifs is 2. The van der Waals surface area contributed by atoms with E-state index in [1.54, 1.807) is 11.3 Å². The molecular formula is C18H14BrN3S. The molecule has 0 radical (unpaired) electrons. The van der Waals surface area contributed by atoms with Gasteiger partial charge in [-0.1, -0.05) is 15.9 Å². The Bertz CT molecular complexity index is 959. The first-order valence-electron chi connectivity index (χ1n) is 7.61. The third-order valence-electron chi connectivity index (χ3n) is 4.19. The van der Waals surface area contributed by atoms with Crippen molar-refractivity contribution in [3.8, 4) is 6.07 Å². The molecule has 23 heavy (non-hydrogen) atoms. The van der Waals surface area contributed by atoms with Gasteiger partial charge in [-0.15, -0.1) is 11.3 Å². The molecule has 1 aromatic carbocycles. The van der Waals surface area contributed by atoms with E-state index in [1.165, 1.54) is 23.3 Å². The first kappa shape index (κ1) is 14.7. The Kier molecular flexibility index (Phi) is 3.80. The molecule has 1 aliphatic carbocycles. The van der Waals surface area contributed by atoms with E-state index in [2.05, 4.69) is 44.1 Å². The molecule has 0 unspecified atom stereocenters. The van der Waals surface area contributed by atoms with E-state index in [9.17, 15) is 5.26 Å². The third kappa shape index (κ3) is 2.73. The highest BCUT2D eigenvalue weighted by Crippen LogP contribution is 2.39. The van der Waals surface area contributed by atoms with Crippen molar-refractivity contribution in [1.82, 2.24) is 4.98 Å². The van der Waals surface area contributed by atoms with Crippen molar-refractivity contribution in [3.63, 3.8) is 0 Å². The zero-order chi connectivity index (χ0) is 15.8. The molecular weight excluding hydrogens is 370 g/mol. The van der Waals surface area contributed by atoms with Gasteiger partial charge in [-0.25, -0.2) is 4.99 Å². The number of hydrogen-bond acceptors (Lipinski definition) is 3. The number of halogens is 1. The maximum atomic E-state index is 9.48. The Balaban J connectivity index is 1.70. The van der Waals surface area contributed by atoms with Gasteiger partial charge in [0.1, 0.15) is 11.1 Å². The quantitative estimate of drug-likeness (QED) is 0.584. The second-order valence-electron chi connectivity index (χ2n) is 5.72. The number of aromatic nitrogens is 1. The maximum Gasteiger partial charge on any atom is 0.134 e. The maximum absolute atomic E-state index is 9.48. The number of benzene rings is 1. The van der Waals surface area contributed by atoms with Gasteiger partial charge < -0.3 is 4.98 Å². The number of aromatic amines is 1. The van der Waals surface area contributed by atoms with Crippen molar-refractivity contribution in [1.29, 1.82) is 5.26 Å². The average Bonchev–Trinajstić information content (AvgIpc) is 3.12. The van der Waals surface area contributed by atoms with Crippen LogP contribution in [0.25, 0.3) is 10.9 Å². The van der Waals surface area contributed by atoms with E-state index in [1.807, 2.05) is 18.3 Å². The number of nitriles is 1. The van der Waals surface area contributed by atoms with E-state index in [0.717, 1.165) is 44.5 Å². The highest BCUT2D eigenvalue weighted by molar-refractivity contribution is 9.10. The van der Waals surface area contributed by atoms with Crippen LogP contribution in [-0.2, 0) is 12.8 Å². The van der Waals surface area contributed by atoms with E-state index >= 15 is 0 Å². The predicted molar refractivity (Wildman–Crippen MR) is 98.9 cm³/mol. The fraction of sp³-hybridized carbons (Fsp3) is 0.222. The van der Waals surface area contributed by atoms with E-state index in [4.69, 9.17) is 0 Å². The van der Waals surface area contributed by atoms with Gasteiger partial charge in [0.25, 0.3) is 0 Å². The Morgan fingerprint density at radius 3 is 3.00 bits per heavy atom. The molecule has 0 spiro atoms. The largest absolute Gasteiger partial charge is 0.354 e. The molecule has 2 heterocycles. The van der Waals surface area contributed by atoms with Crippen LogP contribution in [0.15, 0.2) is 33.7 Å². The van der Waals surface area contributed by atoms with E-state index in [0.29, 0.717) is 0 Å². The number of nitrogens with zero attached hydrogens (tertiary/aromatic N) is 2. The molecule has 0 aliphatic heterocycles. The number of H-pyrrole nitrogens is 1. The molecule has 0 bridgehead atoms. The van der Waals surface area contributed by atoms with Crippen LogP contribution in [0.1, 0.15) is 34.5 Å². The second-order valence-corrected chi connectivity index (χ2v) is 7.72. The van der Waals surface area contributed by atoms with E-state index < -0.39 is 0 Å². The molecule has 4 rings (SSSR count). The van der Waals surface area contributed by atoms with Crippen LogP contribution in [0, 0.1) is 11.3 Å². The van der Waals surface area contributed by atoms with Crippen LogP contribution in [0.2, 0.25) is 0 Å². The number of nitrogens with one attached hydrogen (secondary N) is 1. The van der Waals surface area contributed by atoms with Gasteiger partial charge in [0.2, 0.25) is 0 Å². The van der Waals surface area contributed by atoms with Gasteiger partial charge in [-0.05, 0) is 55.5 Å². The van der Waals surface area contributed by atoms with Gasteiger partial charge in [0.15, 0.2) is 0 Å². The lowest BCUT2D eigenvalue weighted by atomic mass is 9.96. The minimum Gasteiger partial charge on any atom is -0.354 e. The molecule has 114 valence electrons. The van der Waals surface area contributed by atoms with E-state index in [-0.39, 0.29) is 0 Å². The first-order valence-corrected chi connectivity index (χ1v) is 9.22. The van der Waals surface area contributed by atoms with Crippen LogP contribution in [0.4, 0.5) is 5.00 Å². The summed E-state index contributed by atoms with van der Waals surface area (Å²) in [5.41, 5.74) is 4.05. The summed E-state index contributed by atoms with van der Waals surface area (Å²) < 4.78 is 1.06. The minimum atomic E-state index is 0.778. The topological polar surface area (TPSA) is 51.9 Å². The van der Waals surface area contributed by atoms with Crippen molar-refractivity contribution >= 4 is 49.4 Å². The zero-order valence-corrected chi connectivity index (χ0v) is 14.8. The lowest BCUT2D eigenvalue weighted by Gasteiger charge is -2.09. The number of thiophene rings is 1. The van der Waals surface area contributed by atoms with Crippen LogP contribution >= 0.6 is 27.3 Å². The van der Waals surface area contributed by atoms with Gasteiger partial charge in [0.05, 0.1) is 17.5 Å². The summed E-state index contributed by atoms with van der Waals surface area (Å²) >= 11 is 5.16. The molecule has 0 atom stereocenters. The lowest BCUT2D eigenvalue weighted by molar-refractivity contribution is 0.696. The normalized spacial score (nSPS) is 14.3. The van der Waals surface area contributed by atoms with Crippen molar-refractivity contribution in [2.45, 2.75) is 25.7 Å². The van der Waals surface area contributed by atoms with Crippen molar-refractivity contribution in [3.05, 3.63) is 50.4 Å². The van der Waals surface area contributed by atoms with Crippen LogP contribution in [-0.4, -0.2) is 11.2 Å². The standard InChI is InChI=1S/C18H14BrN3S/c19-12-5-6-16-11(7-12)8-13(22-16)10-21-18-15(9-20)14-3-1-2-4-17(14)23-18/h5-8,10,22H,1-4H2. The van der Waals surface area contributed by atoms with Crippen LogP contribution in [0.5, 0.6) is 0 Å². The highest BCUT2D eigenvalue weighted by Gasteiger charge is 2.20. The zero-order valence-electron chi connectivity index (χ0n) is 12.4. The van der Waals surface area contributed by atoms with Crippen LogP contribution < -0.4 is 0 Å². The molecule has 0 amide bonds. The van der Waals surface area contributed by atoms with Crippen molar-refractivity contribution < 1.29 is 0 Å². The lowest BCUT2D eigenvalue weighted by Crippen LogP contribution is -1.99. The highest BCUT2D eigenvalue weighted by atomic mass is 79.9. The van der Waals surface area contributed by atoms with Gasteiger partial charge in [-0.3, -0.25) is 0 Å². The Morgan fingerprint density at radius 1 is 1.26 bits per heavy atom. The SMILES string of the molecule is N#Cc1c(N=Cc2cc3cc(Br)ccc3[nH]2)sc2c1CCCC2. The Labute approximate surface area is 146 Å². The molecule has 3 aromatic rings. The summed E-state index contributed by atoms with van der Waals surface area (Å²) in [5, 5.41) is 11.5. The predicted octanol–water partition coefficient (Wildman–Crippen LogP) is 5.49. The number of aliphatic imine (C=N–C) groups is 1. The smallest absolute Gasteiger partial charge is 0.134 e. The molecule has 2 aromatic heterocycles. The summed E-state index contributed by atoms with van der Waals surface area (Å²) in [6.07, 6.45) is 6.33. The minimum absolute atomic E-state index is 0.778. The van der Waals surface area contributed by atoms with Crippen molar-refractivity contribution in [2.75, 3.05) is 0 Å². The van der Waals surface area contributed by atoms with Gasteiger partial charge >= 0.3 is 0 Å². The monoisotopic (exact) mass is 383 g/mol. The summed E-state index contributed by atoms with van der Waals surface area (Å²) in [4.78, 5) is 9.29. The molecule has 5 heteroatoms. The third-order valence-corrected chi connectivity index (χ3v) is 5.88. The molecule has 0 saturated carbocycles. The number of rotatable bonds is 2. The summed E-state index contributed by atoms with van der Waals surface area (Å²) in [6, 6.07) is 10.6. The first-order chi connectivity index (χ1) is 11.2. The molecule has 3 nitrogen and oxygen atoms in total. The molecule has 0 fully saturated rings.